The Morgan fingerprint density at radius 3 is 1.96 bits per heavy atom. The normalized spacial score (nSPS) is 10.3. The molecule has 6 heteroatoms. The summed E-state index contributed by atoms with van der Waals surface area (Å²) in [6, 6.07) is 14.5. The number of benzene rings is 2. The Hall–Kier alpha value is -3.02. The average Bonchev–Trinajstić information content (AvgIpc) is 2.60. The highest BCUT2D eigenvalue weighted by molar-refractivity contribution is 5.94. The van der Waals surface area contributed by atoms with Crippen LogP contribution in [0.5, 0.6) is 5.75 Å². The van der Waals surface area contributed by atoms with E-state index in [0.717, 1.165) is 11.4 Å². The Morgan fingerprint density at radius 1 is 0.885 bits per heavy atom. The van der Waals surface area contributed by atoms with E-state index < -0.39 is 0 Å². The number of carbonyl (C=O) groups is 2. The molecule has 3 N–H and O–H groups in total. The first-order valence-electron chi connectivity index (χ1n) is 8.56. The molecular formula is C20H25N3O3. The minimum absolute atomic E-state index is 0.133. The van der Waals surface area contributed by atoms with Crippen molar-refractivity contribution in [2.45, 2.75) is 20.8 Å². The van der Waals surface area contributed by atoms with Crippen LogP contribution in [0.1, 0.15) is 20.8 Å². The van der Waals surface area contributed by atoms with Crippen LogP contribution < -0.4 is 20.7 Å². The Bertz CT molecular complexity index is 725. The first-order valence-corrected chi connectivity index (χ1v) is 8.56. The van der Waals surface area contributed by atoms with Crippen LogP contribution in [-0.4, -0.2) is 25.0 Å². The zero-order valence-electron chi connectivity index (χ0n) is 15.3. The van der Waals surface area contributed by atoms with Gasteiger partial charge >= 0.3 is 0 Å². The molecule has 0 unspecified atom stereocenters. The van der Waals surface area contributed by atoms with Gasteiger partial charge in [0.05, 0.1) is 13.2 Å². The summed E-state index contributed by atoms with van der Waals surface area (Å²) in [7, 11) is 0. The molecule has 0 aromatic heterocycles. The van der Waals surface area contributed by atoms with Crippen LogP contribution in [0, 0.1) is 5.92 Å². The van der Waals surface area contributed by atoms with Crippen molar-refractivity contribution in [3.63, 3.8) is 0 Å². The lowest BCUT2D eigenvalue weighted by Crippen LogP contribution is -2.21. The molecule has 26 heavy (non-hydrogen) atoms. The van der Waals surface area contributed by atoms with E-state index in [1.165, 1.54) is 6.92 Å². The molecule has 2 amide bonds. The molecule has 2 rings (SSSR count). The molecule has 0 bridgehead atoms. The first kappa shape index (κ1) is 19.3. The molecule has 6 nitrogen and oxygen atoms in total. The van der Waals surface area contributed by atoms with Gasteiger partial charge < -0.3 is 20.7 Å². The van der Waals surface area contributed by atoms with Crippen molar-refractivity contribution in [3.05, 3.63) is 48.5 Å². The zero-order chi connectivity index (χ0) is 18.9. The van der Waals surface area contributed by atoms with Gasteiger partial charge in [0.2, 0.25) is 11.8 Å². The van der Waals surface area contributed by atoms with Gasteiger partial charge in [0, 0.05) is 24.0 Å². The number of nitrogens with one attached hydrogen (secondary N) is 3. The van der Waals surface area contributed by atoms with Crippen LogP contribution in [0.3, 0.4) is 0 Å². The molecule has 2 aromatic rings. The Balaban J connectivity index is 1.78. The summed E-state index contributed by atoms with van der Waals surface area (Å²) in [5.41, 5.74) is 2.20. The van der Waals surface area contributed by atoms with Gasteiger partial charge in [-0.05, 0) is 54.4 Å². The number of rotatable bonds is 8. The zero-order valence-corrected chi connectivity index (χ0v) is 15.3. The second-order valence-electron chi connectivity index (χ2n) is 6.39. The predicted molar refractivity (Wildman–Crippen MR) is 105 cm³/mol. The van der Waals surface area contributed by atoms with E-state index in [0.29, 0.717) is 23.9 Å². The van der Waals surface area contributed by atoms with Gasteiger partial charge in [-0.15, -0.1) is 0 Å². The van der Waals surface area contributed by atoms with Crippen LogP contribution >= 0.6 is 0 Å². The number of amides is 2. The second-order valence-corrected chi connectivity index (χ2v) is 6.39. The van der Waals surface area contributed by atoms with E-state index in [1.54, 1.807) is 24.3 Å². The number of hydrogen-bond acceptors (Lipinski definition) is 4. The van der Waals surface area contributed by atoms with Gasteiger partial charge in [-0.1, -0.05) is 13.8 Å². The van der Waals surface area contributed by atoms with Crippen molar-refractivity contribution >= 4 is 28.9 Å². The molecule has 0 radical (unpaired) electrons. The summed E-state index contributed by atoms with van der Waals surface area (Å²) in [5.74, 6) is 1.00. The lowest BCUT2D eigenvalue weighted by atomic mass is 10.2. The first-order chi connectivity index (χ1) is 12.4. The maximum Gasteiger partial charge on any atom is 0.243 e. The van der Waals surface area contributed by atoms with Crippen LogP contribution in [-0.2, 0) is 9.59 Å². The SMILES string of the molecule is CC(=O)Nc1ccc(NC(=O)CNc2ccc(OCC(C)C)cc2)cc1. The number of hydrogen-bond donors (Lipinski definition) is 3. The van der Waals surface area contributed by atoms with Gasteiger partial charge in [0.15, 0.2) is 0 Å². The molecule has 0 aliphatic heterocycles. The topological polar surface area (TPSA) is 79.5 Å². The van der Waals surface area contributed by atoms with E-state index in [9.17, 15) is 9.59 Å². The van der Waals surface area contributed by atoms with Crippen LogP contribution in [0.15, 0.2) is 48.5 Å². The van der Waals surface area contributed by atoms with Crippen LogP contribution in [0.4, 0.5) is 17.1 Å². The van der Waals surface area contributed by atoms with Crippen LogP contribution in [0.2, 0.25) is 0 Å². The third kappa shape index (κ3) is 6.84. The second kappa shape index (κ2) is 9.46. The fourth-order valence-corrected chi connectivity index (χ4v) is 2.16. The van der Waals surface area contributed by atoms with E-state index >= 15 is 0 Å². The van der Waals surface area contributed by atoms with Crippen molar-refractivity contribution in [1.82, 2.24) is 0 Å². The Labute approximate surface area is 153 Å². The summed E-state index contributed by atoms with van der Waals surface area (Å²) < 4.78 is 5.63. The van der Waals surface area contributed by atoms with Gasteiger partial charge in [-0.3, -0.25) is 9.59 Å². The van der Waals surface area contributed by atoms with Gasteiger partial charge in [0.1, 0.15) is 5.75 Å². The maximum absolute atomic E-state index is 12.0. The monoisotopic (exact) mass is 355 g/mol. The molecule has 0 saturated heterocycles. The fourth-order valence-electron chi connectivity index (χ4n) is 2.16. The minimum Gasteiger partial charge on any atom is -0.493 e. The quantitative estimate of drug-likeness (QED) is 0.674. The molecule has 0 saturated carbocycles. The van der Waals surface area contributed by atoms with Crippen molar-refractivity contribution in [2.75, 3.05) is 29.1 Å². The van der Waals surface area contributed by atoms with E-state index in [2.05, 4.69) is 29.8 Å². The number of ether oxygens (including phenoxy) is 1. The van der Waals surface area contributed by atoms with Crippen LogP contribution in [0.25, 0.3) is 0 Å². The van der Waals surface area contributed by atoms with Crippen molar-refractivity contribution in [2.24, 2.45) is 5.92 Å². The summed E-state index contributed by atoms with van der Waals surface area (Å²) in [5, 5.41) is 8.54. The highest BCUT2D eigenvalue weighted by Crippen LogP contribution is 2.17. The molecule has 0 spiro atoms. The smallest absolute Gasteiger partial charge is 0.243 e. The minimum atomic E-state index is -0.155. The molecule has 2 aromatic carbocycles. The third-order valence-electron chi connectivity index (χ3n) is 3.38. The van der Waals surface area contributed by atoms with Crippen molar-refractivity contribution in [1.29, 1.82) is 0 Å². The Kier molecular flexibility index (Phi) is 7.02. The molecule has 0 aliphatic carbocycles. The van der Waals surface area contributed by atoms with E-state index in [1.807, 2.05) is 24.3 Å². The lowest BCUT2D eigenvalue weighted by Gasteiger charge is -2.11. The number of carbonyl (C=O) groups excluding carboxylic acids is 2. The van der Waals surface area contributed by atoms with E-state index in [-0.39, 0.29) is 18.4 Å². The third-order valence-corrected chi connectivity index (χ3v) is 3.38. The highest BCUT2D eigenvalue weighted by Gasteiger charge is 2.04. The molecule has 0 fully saturated rings. The molecule has 138 valence electrons. The van der Waals surface area contributed by atoms with Gasteiger partial charge in [-0.2, -0.15) is 0 Å². The summed E-state index contributed by atoms with van der Waals surface area (Å²) in [4.78, 5) is 23.0. The number of anilines is 3. The summed E-state index contributed by atoms with van der Waals surface area (Å²) in [6.45, 7) is 6.48. The average molecular weight is 355 g/mol. The largest absolute Gasteiger partial charge is 0.493 e. The standard InChI is InChI=1S/C20H25N3O3/c1-14(2)13-26-19-10-8-16(9-11-19)21-12-20(25)23-18-6-4-17(5-7-18)22-15(3)24/h4-11,14,21H,12-13H2,1-3H3,(H,22,24)(H,23,25). The summed E-state index contributed by atoms with van der Waals surface area (Å²) >= 11 is 0. The maximum atomic E-state index is 12.0. The highest BCUT2D eigenvalue weighted by atomic mass is 16.5. The van der Waals surface area contributed by atoms with Gasteiger partial charge in [-0.25, -0.2) is 0 Å². The Morgan fingerprint density at radius 2 is 1.42 bits per heavy atom. The lowest BCUT2D eigenvalue weighted by molar-refractivity contribution is -0.115. The van der Waals surface area contributed by atoms with Crippen molar-refractivity contribution in [3.8, 4) is 5.75 Å². The predicted octanol–water partition coefficient (Wildman–Crippen LogP) is 3.73. The van der Waals surface area contributed by atoms with Gasteiger partial charge in [0.25, 0.3) is 0 Å². The fraction of sp³-hybridized carbons (Fsp3) is 0.300. The molecule has 0 heterocycles. The van der Waals surface area contributed by atoms with E-state index in [4.69, 9.17) is 4.74 Å². The molecule has 0 aliphatic rings. The molecular weight excluding hydrogens is 330 g/mol. The molecule has 0 atom stereocenters. The van der Waals surface area contributed by atoms with Crippen molar-refractivity contribution < 1.29 is 14.3 Å². The summed E-state index contributed by atoms with van der Waals surface area (Å²) in [6.07, 6.45) is 0.